The molecule has 1 aliphatic heterocycles. The van der Waals surface area contributed by atoms with Crippen LogP contribution in [-0.4, -0.2) is 30.3 Å². The molecule has 5 rings (SSSR count). The molecule has 0 bridgehead atoms. The number of hydrogen-bond acceptors (Lipinski definition) is 3. The van der Waals surface area contributed by atoms with Gasteiger partial charge in [-0.1, -0.05) is 6.07 Å². The van der Waals surface area contributed by atoms with E-state index < -0.39 is 15.7 Å². The van der Waals surface area contributed by atoms with E-state index in [2.05, 4.69) is 14.5 Å². The summed E-state index contributed by atoms with van der Waals surface area (Å²) in [6, 6.07) is 11.5. The fourth-order valence-corrected chi connectivity index (χ4v) is 5.97. The van der Waals surface area contributed by atoms with E-state index >= 15 is 4.39 Å². The minimum Gasteiger partial charge on any atom is -0.267 e. The van der Waals surface area contributed by atoms with E-state index in [-0.39, 0.29) is 11.6 Å². The van der Waals surface area contributed by atoms with Gasteiger partial charge in [0.1, 0.15) is 11.6 Å². The van der Waals surface area contributed by atoms with Crippen LogP contribution < -0.4 is 9.44 Å². The van der Waals surface area contributed by atoms with Crippen LogP contribution >= 0.6 is 0 Å². The summed E-state index contributed by atoms with van der Waals surface area (Å²) in [6.45, 7) is 0.319. The molecule has 0 unspecified atom stereocenters. The van der Waals surface area contributed by atoms with Crippen LogP contribution in [0.25, 0.3) is 22.5 Å². The molecular weight excluding hydrogens is 422 g/mol. The molecule has 1 atom stereocenters. The molecule has 2 aliphatic rings. The highest BCUT2D eigenvalue weighted by Crippen LogP contribution is 2.35. The van der Waals surface area contributed by atoms with Crippen molar-refractivity contribution in [2.45, 2.75) is 31.2 Å². The SMILES string of the molecule is Cn1nc(-c2ccc3c(c2F)CC[C@]2(CC3)CNS(=O)(=O)N2)cc1-c1ccc(F)cc1. The highest BCUT2D eigenvalue weighted by Gasteiger charge is 2.42. The topological polar surface area (TPSA) is 76.0 Å². The molecular formula is C22H22F2N4O2S. The smallest absolute Gasteiger partial charge is 0.267 e. The number of rotatable bonds is 2. The van der Waals surface area contributed by atoms with Gasteiger partial charge in [-0.25, -0.2) is 13.5 Å². The van der Waals surface area contributed by atoms with E-state index in [1.807, 2.05) is 6.07 Å². The number of nitrogens with one attached hydrogen (secondary N) is 2. The van der Waals surface area contributed by atoms with E-state index in [1.165, 1.54) is 12.1 Å². The zero-order valence-corrected chi connectivity index (χ0v) is 17.8. The Balaban J connectivity index is 1.48. The number of nitrogens with zero attached hydrogens (tertiary/aromatic N) is 2. The van der Waals surface area contributed by atoms with Crippen LogP contribution in [0, 0.1) is 11.6 Å². The molecule has 1 aliphatic carbocycles. The van der Waals surface area contributed by atoms with Crippen LogP contribution in [0.2, 0.25) is 0 Å². The van der Waals surface area contributed by atoms with Crippen molar-refractivity contribution in [3.05, 3.63) is 65.2 Å². The average Bonchev–Trinajstić information content (AvgIpc) is 3.19. The van der Waals surface area contributed by atoms with E-state index in [4.69, 9.17) is 0 Å². The summed E-state index contributed by atoms with van der Waals surface area (Å²) < 4.78 is 59.4. The normalized spacial score (nSPS) is 22.4. The van der Waals surface area contributed by atoms with Gasteiger partial charge in [-0.15, -0.1) is 0 Å². The molecule has 1 saturated heterocycles. The van der Waals surface area contributed by atoms with E-state index in [9.17, 15) is 12.8 Å². The van der Waals surface area contributed by atoms with Gasteiger partial charge < -0.3 is 0 Å². The molecule has 2 aromatic carbocycles. The summed E-state index contributed by atoms with van der Waals surface area (Å²) in [6.07, 6.45) is 2.18. The Labute approximate surface area is 179 Å². The lowest BCUT2D eigenvalue weighted by Gasteiger charge is -2.24. The van der Waals surface area contributed by atoms with Gasteiger partial charge in [0.05, 0.1) is 11.4 Å². The maximum atomic E-state index is 15.6. The van der Waals surface area contributed by atoms with Crippen molar-refractivity contribution < 1.29 is 17.2 Å². The van der Waals surface area contributed by atoms with Crippen molar-refractivity contribution in [2.24, 2.45) is 7.05 Å². The molecule has 2 heterocycles. The molecule has 2 N–H and O–H groups in total. The Kier molecular flexibility index (Phi) is 4.72. The number of halogens is 2. The molecule has 1 fully saturated rings. The first kappa shape index (κ1) is 20.3. The van der Waals surface area contributed by atoms with Gasteiger partial charge in [0.25, 0.3) is 10.2 Å². The maximum Gasteiger partial charge on any atom is 0.277 e. The summed E-state index contributed by atoms with van der Waals surface area (Å²) in [5.74, 6) is -0.632. The minimum absolute atomic E-state index is 0.313. The Hall–Kier alpha value is -2.62. The first-order valence-corrected chi connectivity index (χ1v) is 11.6. The third-order valence-electron chi connectivity index (χ3n) is 6.31. The van der Waals surface area contributed by atoms with Crippen molar-refractivity contribution in [3.63, 3.8) is 0 Å². The standard InChI is InChI=1S/C22H22F2N4O2S/c1-28-20(15-2-5-16(23)6-3-15)12-19(26-28)18-7-4-14-8-10-22(11-9-17(14)21(18)24)13-25-31(29,30)27-22/h2-7,12,25,27H,8-11,13H2,1H3/t22-/m1/s1. The summed E-state index contributed by atoms with van der Waals surface area (Å²) in [7, 11) is -1.71. The van der Waals surface area contributed by atoms with E-state index in [0.717, 1.165) is 16.8 Å². The largest absolute Gasteiger partial charge is 0.277 e. The second kappa shape index (κ2) is 7.22. The maximum absolute atomic E-state index is 15.6. The van der Waals surface area contributed by atoms with Gasteiger partial charge in [-0.2, -0.15) is 18.2 Å². The Morgan fingerprint density at radius 3 is 2.52 bits per heavy atom. The Morgan fingerprint density at radius 2 is 1.81 bits per heavy atom. The molecule has 0 radical (unpaired) electrons. The highest BCUT2D eigenvalue weighted by molar-refractivity contribution is 7.87. The van der Waals surface area contributed by atoms with Gasteiger partial charge in [-0.05, 0) is 78.8 Å². The number of hydrogen-bond donors (Lipinski definition) is 2. The molecule has 162 valence electrons. The third-order valence-corrected chi connectivity index (χ3v) is 7.54. The predicted molar refractivity (Wildman–Crippen MR) is 113 cm³/mol. The Bertz CT molecular complexity index is 1270. The van der Waals surface area contributed by atoms with Crippen molar-refractivity contribution in [1.82, 2.24) is 19.2 Å². The molecule has 1 spiro atoms. The lowest BCUT2D eigenvalue weighted by molar-refractivity contribution is 0.365. The van der Waals surface area contributed by atoms with Gasteiger partial charge in [0.15, 0.2) is 0 Å². The molecule has 0 saturated carbocycles. The van der Waals surface area contributed by atoms with E-state index in [0.29, 0.717) is 49.0 Å². The van der Waals surface area contributed by atoms with Gasteiger partial charge in [-0.3, -0.25) is 4.68 Å². The third kappa shape index (κ3) is 3.66. The number of aromatic nitrogens is 2. The molecule has 6 nitrogen and oxygen atoms in total. The zero-order chi connectivity index (χ0) is 21.8. The van der Waals surface area contributed by atoms with Crippen LogP contribution in [-0.2, 0) is 30.1 Å². The van der Waals surface area contributed by atoms with Crippen molar-refractivity contribution in [2.75, 3.05) is 6.54 Å². The predicted octanol–water partition coefficient (Wildman–Crippen LogP) is 3.09. The van der Waals surface area contributed by atoms with E-state index in [1.54, 1.807) is 36.0 Å². The molecule has 0 amide bonds. The van der Waals surface area contributed by atoms with Crippen LogP contribution in [0.15, 0.2) is 42.5 Å². The molecule has 31 heavy (non-hydrogen) atoms. The monoisotopic (exact) mass is 444 g/mol. The second-order valence-electron chi connectivity index (χ2n) is 8.32. The Morgan fingerprint density at radius 1 is 1.06 bits per heavy atom. The van der Waals surface area contributed by atoms with Crippen molar-refractivity contribution in [1.29, 1.82) is 0 Å². The second-order valence-corrected chi connectivity index (χ2v) is 9.82. The van der Waals surface area contributed by atoms with Gasteiger partial charge in [0.2, 0.25) is 0 Å². The van der Waals surface area contributed by atoms with Crippen LogP contribution in [0.3, 0.4) is 0 Å². The van der Waals surface area contributed by atoms with Crippen molar-refractivity contribution in [3.8, 4) is 22.5 Å². The van der Waals surface area contributed by atoms with Gasteiger partial charge in [0, 0.05) is 24.7 Å². The number of fused-ring (bicyclic) bond motifs is 1. The van der Waals surface area contributed by atoms with Gasteiger partial charge >= 0.3 is 0 Å². The summed E-state index contributed by atoms with van der Waals surface area (Å²) >= 11 is 0. The zero-order valence-electron chi connectivity index (χ0n) is 17.0. The van der Waals surface area contributed by atoms with Crippen molar-refractivity contribution >= 4 is 10.2 Å². The summed E-state index contributed by atoms with van der Waals surface area (Å²) in [5, 5.41) is 4.48. The van der Waals surface area contributed by atoms with Crippen LogP contribution in [0.1, 0.15) is 24.0 Å². The fraction of sp³-hybridized carbons (Fsp3) is 0.318. The average molecular weight is 445 g/mol. The van der Waals surface area contributed by atoms with Crippen LogP contribution in [0.5, 0.6) is 0 Å². The molecule has 9 heteroatoms. The fourth-order valence-electron chi connectivity index (χ4n) is 4.59. The first-order valence-electron chi connectivity index (χ1n) is 10.1. The lowest BCUT2D eigenvalue weighted by atomic mass is 9.91. The summed E-state index contributed by atoms with van der Waals surface area (Å²) in [5.41, 5.74) is 3.41. The minimum atomic E-state index is -3.48. The van der Waals surface area contributed by atoms with Crippen LogP contribution in [0.4, 0.5) is 8.78 Å². The first-order chi connectivity index (χ1) is 14.8. The lowest BCUT2D eigenvalue weighted by Crippen LogP contribution is -2.43. The molecule has 1 aromatic heterocycles. The number of aryl methyl sites for hydroxylation is 2. The quantitative estimate of drug-likeness (QED) is 0.638. The molecule has 3 aromatic rings. The summed E-state index contributed by atoms with van der Waals surface area (Å²) in [4.78, 5) is 0. The highest BCUT2D eigenvalue weighted by atomic mass is 32.2. The number of benzene rings is 2.